The van der Waals surface area contributed by atoms with Crippen LogP contribution in [0.3, 0.4) is 0 Å². The van der Waals surface area contributed by atoms with Crippen molar-refractivity contribution >= 4 is 28.3 Å². The molecule has 0 aliphatic heterocycles. The van der Waals surface area contributed by atoms with E-state index in [9.17, 15) is 4.79 Å². The number of hydrogen-bond donors (Lipinski definition) is 3. The van der Waals surface area contributed by atoms with Gasteiger partial charge in [0.2, 0.25) is 0 Å². The highest BCUT2D eigenvalue weighted by atomic mass is 16.5. The second-order valence-electron chi connectivity index (χ2n) is 5.44. The van der Waals surface area contributed by atoms with Crippen LogP contribution in [0.2, 0.25) is 0 Å². The first-order valence-corrected chi connectivity index (χ1v) is 7.80. The summed E-state index contributed by atoms with van der Waals surface area (Å²) < 4.78 is 5.89. The average Bonchev–Trinajstić information content (AvgIpc) is 3.13. The van der Waals surface area contributed by atoms with Crippen LogP contribution >= 0.6 is 0 Å². The first-order chi connectivity index (χ1) is 12.7. The Kier molecular flexibility index (Phi) is 3.91. The van der Waals surface area contributed by atoms with Gasteiger partial charge in [-0.15, -0.1) is 10.2 Å². The van der Waals surface area contributed by atoms with Crippen LogP contribution in [0.15, 0.2) is 61.1 Å². The van der Waals surface area contributed by atoms with Crippen molar-refractivity contribution in [2.45, 2.75) is 0 Å². The van der Waals surface area contributed by atoms with Crippen molar-refractivity contribution in [2.24, 2.45) is 5.73 Å². The first kappa shape index (κ1) is 15.6. The van der Waals surface area contributed by atoms with E-state index in [1.54, 1.807) is 36.8 Å². The number of para-hydroxylation sites is 2. The molecular formula is C18H14N6O2. The molecule has 4 aromatic rings. The maximum Gasteiger partial charge on any atom is 0.271 e. The number of benzene rings is 1. The average molecular weight is 346 g/mol. The number of primary amides is 1. The molecular weight excluding hydrogens is 332 g/mol. The number of ether oxygens (including phenoxy) is 1. The number of aromatic nitrogens is 4. The predicted octanol–water partition coefficient (Wildman–Crippen LogP) is 2.99. The van der Waals surface area contributed by atoms with Crippen LogP contribution in [-0.2, 0) is 0 Å². The molecule has 0 atom stereocenters. The number of nitrogens with one attached hydrogen (secondary N) is 2. The van der Waals surface area contributed by atoms with E-state index in [1.165, 1.54) is 0 Å². The van der Waals surface area contributed by atoms with Crippen LogP contribution in [0.4, 0.5) is 11.4 Å². The van der Waals surface area contributed by atoms with Crippen LogP contribution in [0.5, 0.6) is 11.5 Å². The first-order valence-electron chi connectivity index (χ1n) is 7.80. The SMILES string of the molecule is NC(=O)c1nnc2[nH]ccc2c1Nc1ccccc1Oc1cccnc1. The van der Waals surface area contributed by atoms with Crippen LogP contribution < -0.4 is 15.8 Å². The summed E-state index contributed by atoms with van der Waals surface area (Å²) >= 11 is 0. The van der Waals surface area contributed by atoms with Gasteiger partial charge in [0.25, 0.3) is 5.91 Å². The van der Waals surface area contributed by atoms with Crippen LogP contribution in [0.25, 0.3) is 11.0 Å². The molecule has 0 saturated heterocycles. The quantitative estimate of drug-likeness (QED) is 0.511. The number of rotatable bonds is 5. The molecule has 1 aromatic carbocycles. The lowest BCUT2D eigenvalue weighted by Gasteiger charge is -2.14. The van der Waals surface area contributed by atoms with E-state index in [0.717, 1.165) is 0 Å². The Labute approximate surface area is 148 Å². The Morgan fingerprint density at radius 2 is 2.00 bits per heavy atom. The second-order valence-corrected chi connectivity index (χ2v) is 5.44. The third kappa shape index (κ3) is 2.91. The van der Waals surface area contributed by atoms with E-state index in [4.69, 9.17) is 10.5 Å². The number of fused-ring (bicyclic) bond motifs is 1. The lowest BCUT2D eigenvalue weighted by Crippen LogP contribution is -2.16. The molecule has 0 aliphatic rings. The van der Waals surface area contributed by atoms with Crippen LogP contribution in [0, 0.1) is 0 Å². The molecule has 0 saturated carbocycles. The summed E-state index contributed by atoms with van der Waals surface area (Å²) in [6.07, 6.45) is 5.00. The van der Waals surface area contributed by atoms with Gasteiger partial charge in [0, 0.05) is 17.8 Å². The number of nitrogens with two attached hydrogens (primary N) is 1. The number of amides is 1. The number of hydrogen-bond acceptors (Lipinski definition) is 6. The number of H-pyrrole nitrogens is 1. The van der Waals surface area contributed by atoms with Crippen molar-refractivity contribution in [3.05, 3.63) is 66.7 Å². The van der Waals surface area contributed by atoms with Gasteiger partial charge in [-0.1, -0.05) is 12.1 Å². The van der Waals surface area contributed by atoms with Crippen molar-refractivity contribution in [2.75, 3.05) is 5.32 Å². The number of carbonyl (C=O) groups is 1. The highest BCUT2D eigenvalue weighted by Crippen LogP contribution is 2.34. The van der Waals surface area contributed by atoms with Gasteiger partial charge in [0.1, 0.15) is 5.75 Å². The highest BCUT2D eigenvalue weighted by molar-refractivity contribution is 6.05. The smallest absolute Gasteiger partial charge is 0.271 e. The molecule has 3 aromatic heterocycles. The Morgan fingerprint density at radius 3 is 2.81 bits per heavy atom. The Morgan fingerprint density at radius 1 is 1.12 bits per heavy atom. The molecule has 26 heavy (non-hydrogen) atoms. The predicted molar refractivity (Wildman–Crippen MR) is 96.4 cm³/mol. The molecule has 0 bridgehead atoms. The van der Waals surface area contributed by atoms with E-state index in [2.05, 4.69) is 25.5 Å². The molecule has 3 heterocycles. The fourth-order valence-corrected chi connectivity index (χ4v) is 2.55. The molecule has 0 spiro atoms. The molecule has 0 unspecified atom stereocenters. The summed E-state index contributed by atoms with van der Waals surface area (Å²) in [6.45, 7) is 0. The Balaban J connectivity index is 1.77. The zero-order valence-corrected chi connectivity index (χ0v) is 13.5. The van der Waals surface area contributed by atoms with Gasteiger partial charge in [-0.25, -0.2) is 0 Å². The lowest BCUT2D eigenvalue weighted by molar-refractivity contribution is 0.0995. The molecule has 8 nitrogen and oxygen atoms in total. The van der Waals surface area contributed by atoms with Crippen LogP contribution in [-0.4, -0.2) is 26.1 Å². The minimum Gasteiger partial charge on any atom is -0.454 e. The van der Waals surface area contributed by atoms with Crippen molar-refractivity contribution in [1.82, 2.24) is 20.2 Å². The summed E-state index contributed by atoms with van der Waals surface area (Å²) in [6, 6.07) is 12.7. The van der Waals surface area contributed by atoms with Gasteiger partial charge in [-0.3, -0.25) is 9.78 Å². The second kappa shape index (κ2) is 6.52. The van der Waals surface area contributed by atoms with E-state index in [-0.39, 0.29) is 5.69 Å². The van der Waals surface area contributed by atoms with Gasteiger partial charge in [0.05, 0.1) is 17.6 Å². The summed E-state index contributed by atoms with van der Waals surface area (Å²) in [4.78, 5) is 18.8. The zero-order valence-electron chi connectivity index (χ0n) is 13.5. The van der Waals surface area contributed by atoms with Gasteiger partial charge in [-0.05, 0) is 30.3 Å². The molecule has 128 valence electrons. The van der Waals surface area contributed by atoms with Gasteiger partial charge < -0.3 is 20.8 Å². The number of nitrogens with zero attached hydrogens (tertiary/aromatic N) is 3. The fraction of sp³-hybridized carbons (Fsp3) is 0. The highest BCUT2D eigenvalue weighted by Gasteiger charge is 2.17. The third-order valence-electron chi connectivity index (χ3n) is 3.72. The lowest BCUT2D eigenvalue weighted by atomic mass is 10.2. The number of aromatic amines is 1. The third-order valence-corrected chi connectivity index (χ3v) is 3.72. The van der Waals surface area contributed by atoms with E-state index >= 15 is 0 Å². The molecule has 4 rings (SSSR count). The Hall–Kier alpha value is -3.94. The van der Waals surface area contributed by atoms with E-state index in [1.807, 2.05) is 24.3 Å². The number of carbonyl (C=O) groups excluding carboxylic acids is 1. The normalized spacial score (nSPS) is 10.6. The fourth-order valence-electron chi connectivity index (χ4n) is 2.55. The molecule has 4 N–H and O–H groups in total. The molecule has 0 aliphatic carbocycles. The summed E-state index contributed by atoms with van der Waals surface area (Å²) in [5, 5.41) is 11.8. The van der Waals surface area contributed by atoms with Crippen LogP contribution in [0.1, 0.15) is 10.5 Å². The summed E-state index contributed by atoms with van der Waals surface area (Å²) in [7, 11) is 0. The van der Waals surface area contributed by atoms with Crippen molar-refractivity contribution in [1.29, 1.82) is 0 Å². The van der Waals surface area contributed by atoms with Crippen molar-refractivity contribution in [3.63, 3.8) is 0 Å². The number of pyridine rings is 1. The maximum absolute atomic E-state index is 11.8. The van der Waals surface area contributed by atoms with E-state index in [0.29, 0.717) is 33.9 Å². The topological polar surface area (TPSA) is 119 Å². The molecule has 1 amide bonds. The standard InChI is InChI=1S/C18H14N6O2/c19-17(25)16-15(12-7-9-21-18(12)24-23-16)22-13-5-1-2-6-14(13)26-11-4-3-8-20-10-11/h1-10H,(H2,19,25)(H2,21,22,24). The minimum absolute atomic E-state index is 0.0493. The largest absolute Gasteiger partial charge is 0.454 e. The molecule has 0 fully saturated rings. The molecule has 8 heteroatoms. The monoisotopic (exact) mass is 346 g/mol. The van der Waals surface area contributed by atoms with Crippen molar-refractivity contribution in [3.8, 4) is 11.5 Å². The van der Waals surface area contributed by atoms with E-state index < -0.39 is 5.91 Å². The summed E-state index contributed by atoms with van der Waals surface area (Å²) in [5.74, 6) is 0.488. The zero-order chi connectivity index (χ0) is 17.9. The van der Waals surface area contributed by atoms with Gasteiger partial charge in [0.15, 0.2) is 17.1 Å². The van der Waals surface area contributed by atoms with Crippen molar-refractivity contribution < 1.29 is 9.53 Å². The van der Waals surface area contributed by atoms with Gasteiger partial charge >= 0.3 is 0 Å². The Bertz CT molecular complexity index is 1080. The minimum atomic E-state index is -0.672. The van der Waals surface area contributed by atoms with Gasteiger partial charge in [-0.2, -0.15) is 0 Å². The molecule has 0 radical (unpaired) electrons. The number of anilines is 2. The summed E-state index contributed by atoms with van der Waals surface area (Å²) in [5.41, 5.74) is 7.16. The maximum atomic E-state index is 11.8.